The van der Waals surface area contributed by atoms with E-state index in [0.29, 0.717) is 18.6 Å². The normalized spacial score (nSPS) is 9.81. The second kappa shape index (κ2) is 7.12. The minimum Gasteiger partial charge on any atom is -0.457 e. The number of hydrogen-bond acceptors (Lipinski definition) is 3. The van der Waals surface area contributed by atoms with Gasteiger partial charge in [-0.2, -0.15) is 11.8 Å². The third-order valence-electron chi connectivity index (χ3n) is 2.11. The first-order valence-electron chi connectivity index (χ1n) is 5.12. The minimum absolute atomic E-state index is 0.294. The van der Waals surface area contributed by atoms with Gasteiger partial charge in [0.1, 0.15) is 6.61 Å². The molecular formula is C13H16O2S. The molecule has 0 radical (unpaired) electrons. The lowest BCUT2D eigenvalue weighted by Crippen LogP contribution is -2.07. The Morgan fingerprint density at radius 2 is 2.06 bits per heavy atom. The summed E-state index contributed by atoms with van der Waals surface area (Å²) in [4.78, 5) is 11.5. The third-order valence-corrected chi connectivity index (χ3v) is 2.72. The minimum atomic E-state index is -0.294. The van der Waals surface area contributed by atoms with Crippen LogP contribution in [0.4, 0.5) is 0 Å². The molecule has 0 saturated carbocycles. The van der Waals surface area contributed by atoms with E-state index < -0.39 is 0 Å². The molecule has 0 aliphatic carbocycles. The van der Waals surface area contributed by atoms with E-state index in [1.165, 1.54) is 0 Å². The molecule has 1 rings (SSSR count). The molecule has 0 spiro atoms. The summed E-state index contributed by atoms with van der Waals surface area (Å²) in [6.45, 7) is 4.03. The lowest BCUT2D eigenvalue weighted by molar-refractivity contribution is -0.140. The highest BCUT2D eigenvalue weighted by Crippen LogP contribution is 2.08. The number of thioether (sulfide) groups is 1. The number of ether oxygens (including phenoxy) is 1. The van der Waals surface area contributed by atoms with Crippen molar-refractivity contribution in [1.82, 2.24) is 0 Å². The van der Waals surface area contributed by atoms with Crippen LogP contribution in [0.5, 0.6) is 0 Å². The van der Waals surface area contributed by atoms with Gasteiger partial charge in [-0.25, -0.2) is 4.79 Å². The smallest absolute Gasteiger partial charge is 0.333 e. The van der Waals surface area contributed by atoms with Crippen LogP contribution in [0.15, 0.2) is 42.5 Å². The summed E-state index contributed by atoms with van der Waals surface area (Å²) in [6.07, 6.45) is 2.69. The molecule has 0 saturated heterocycles. The van der Waals surface area contributed by atoms with E-state index in [2.05, 4.69) is 6.58 Å². The Labute approximate surface area is 101 Å². The van der Waals surface area contributed by atoms with E-state index in [9.17, 15) is 4.79 Å². The van der Waals surface area contributed by atoms with Crippen LogP contribution < -0.4 is 0 Å². The quantitative estimate of drug-likeness (QED) is 0.561. The van der Waals surface area contributed by atoms with Gasteiger partial charge in [0.2, 0.25) is 0 Å². The van der Waals surface area contributed by atoms with E-state index in [4.69, 9.17) is 4.74 Å². The number of hydrogen-bond donors (Lipinski definition) is 0. The zero-order chi connectivity index (χ0) is 11.8. The molecule has 86 valence electrons. The first kappa shape index (κ1) is 12.8. The number of benzene rings is 1. The summed E-state index contributed by atoms with van der Waals surface area (Å²) >= 11 is 1.69. The van der Waals surface area contributed by atoms with Crippen molar-refractivity contribution in [3.8, 4) is 0 Å². The first-order valence-corrected chi connectivity index (χ1v) is 6.51. The van der Waals surface area contributed by atoms with Crippen LogP contribution >= 0.6 is 11.8 Å². The monoisotopic (exact) mass is 236 g/mol. The molecule has 0 aromatic heterocycles. The molecule has 0 aliphatic rings. The zero-order valence-electron chi connectivity index (χ0n) is 9.44. The van der Waals surface area contributed by atoms with E-state index in [1.54, 1.807) is 11.8 Å². The molecule has 1 aromatic rings. The summed E-state index contributed by atoms with van der Waals surface area (Å²) < 4.78 is 5.14. The Morgan fingerprint density at radius 3 is 2.69 bits per heavy atom. The van der Waals surface area contributed by atoms with Gasteiger partial charge < -0.3 is 4.74 Å². The van der Waals surface area contributed by atoms with Crippen molar-refractivity contribution in [3.05, 3.63) is 48.0 Å². The number of carbonyl (C=O) groups is 1. The number of carbonyl (C=O) groups excluding carboxylic acids is 1. The van der Waals surface area contributed by atoms with Crippen molar-refractivity contribution in [2.24, 2.45) is 0 Å². The van der Waals surface area contributed by atoms with E-state index >= 15 is 0 Å². The highest BCUT2D eigenvalue weighted by Gasteiger charge is 2.07. The molecule has 0 fully saturated rings. The standard InChI is InChI=1S/C13H16O2S/c1-11(8-9-16-2)13(14)15-10-12-6-4-3-5-7-12/h3-7H,1,8-10H2,2H3. The predicted octanol–water partition coefficient (Wildman–Crippen LogP) is 3.04. The number of rotatable bonds is 6. The lowest BCUT2D eigenvalue weighted by Gasteiger charge is -2.06. The Morgan fingerprint density at radius 1 is 1.38 bits per heavy atom. The molecular weight excluding hydrogens is 220 g/mol. The maximum absolute atomic E-state index is 11.5. The first-order chi connectivity index (χ1) is 7.74. The molecule has 0 atom stereocenters. The van der Waals surface area contributed by atoms with Gasteiger partial charge in [-0.15, -0.1) is 0 Å². The molecule has 0 amide bonds. The summed E-state index contributed by atoms with van der Waals surface area (Å²) in [7, 11) is 0. The highest BCUT2D eigenvalue weighted by atomic mass is 32.2. The van der Waals surface area contributed by atoms with Gasteiger partial charge in [0.25, 0.3) is 0 Å². The summed E-state index contributed by atoms with van der Waals surface area (Å²) in [5.74, 6) is 0.608. The van der Waals surface area contributed by atoms with Crippen molar-refractivity contribution in [2.45, 2.75) is 13.0 Å². The average Bonchev–Trinajstić information content (AvgIpc) is 2.34. The van der Waals surface area contributed by atoms with Gasteiger partial charge in [-0.05, 0) is 24.0 Å². The Balaban J connectivity index is 2.32. The topological polar surface area (TPSA) is 26.3 Å². The molecule has 3 heteroatoms. The summed E-state index contributed by atoms with van der Waals surface area (Å²) in [5, 5.41) is 0. The van der Waals surface area contributed by atoms with Crippen molar-refractivity contribution in [1.29, 1.82) is 0 Å². The maximum Gasteiger partial charge on any atom is 0.333 e. The van der Waals surface area contributed by atoms with Crippen LogP contribution in [0.2, 0.25) is 0 Å². The second-order valence-corrected chi connectivity index (χ2v) is 4.39. The maximum atomic E-state index is 11.5. The van der Waals surface area contributed by atoms with E-state index in [1.807, 2.05) is 36.6 Å². The van der Waals surface area contributed by atoms with Crippen LogP contribution in [-0.2, 0) is 16.1 Å². The van der Waals surface area contributed by atoms with Gasteiger partial charge in [0, 0.05) is 5.57 Å². The van der Waals surface area contributed by atoms with Crippen molar-refractivity contribution in [3.63, 3.8) is 0 Å². The van der Waals surface area contributed by atoms with E-state index in [-0.39, 0.29) is 5.97 Å². The fourth-order valence-corrected chi connectivity index (χ4v) is 1.60. The molecule has 0 N–H and O–H groups in total. The Hall–Kier alpha value is -1.22. The molecule has 2 nitrogen and oxygen atoms in total. The molecule has 0 unspecified atom stereocenters. The zero-order valence-corrected chi connectivity index (χ0v) is 10.3. The molecule has 0 aliphatic heterocycles. The third kappa shape index (κ3) is 4.53. The van der Waals surface area contributed by atoms with Crippen LogP contribution in [0, 0.1) is 0 Å². The van der Waals surface area contributed by atoms with Crippen LogP contribution in [0.3, 0.4) is 0 Å². The van der Waals surface area contributed by atoms with Crippen LogP contribution in [0.1, 0.15) is 12.0 Å². The summed E-state index contributed by atoms with van der Waals surface area (Å²) in [5.41, 5.74) is 1.54. The van der Waals surface area contributed by atoms with Gasteiger partial charge in [0.05, 0.1) is 0 Å². The SMILES string of the molecule is C=C(CCSC)C(=O)OCc1ccccc1. The highest BCUT2D eigenvalue weighted by molar-refractivity contribution is 7.98. The predicted molar refractivity (Wildman–Crippen MR) is 68.4 cm³/mol. The average molecular weight is 236 g/mol. The van der Waals surface area contributed by atoms with E-state index in [0.717, 1.165) is 11.3 Å². The van der Waals surface area contributed by atoms with Gasteiger partial charge >= 0.3 is 5.97 Å². The fourth-order valence-electron chi connectivity index (χ4n) is 1.15. The van der Waals surface area contributed by atoms with Gasteiger partial charge in [0.15, 0.2) is 0 Å². The molecule has 0 heterocycles. The molecule has 1 aromatic carbocycles. The van der Waals surface area contributed by atoms with Crippen molar-refractivity contribution in [2.75, 3.05) is 12.0 Å². The van der Waals surface area contributed by atoms with Crippen molar-refractivity contribution >= 4 is 17.7 Å². The fraction of sp³-hybridized carbons (Fsp3) is 0.308. The molecule has 0 bridgehead atoms. The lowest BCUT2D eigenvalue weighted by atomic mass is 10.2. The van der Waals surface area contributed by atoms with Gasteiger partial charge in [-0.1, -0.05) is 36.9 Å². The van der Waals surface area contributed by atoms with Crippen LogP contribution in [0.25, 0.3) is 0 Å². The Kier molecular flexibility index (Phi) is 5.72. The second-order valence-electron chi connectivity index (χ2n) is 3.41. The number of esters is 1. The Bertz CT molecular complexity index is 346. The molecule has 16 heavy (non-hydrogen) atoms. The van der Waals surface area contributed by atoms with Crippen molar-refractivity contribution < 1.29 is 9.53 Å². The summed E-state index contributed by atoms with van der Waals surface area (Å²) in [6, 6.07) is 9.63. The van der Waals surface area contributed by atoms with Crippen LogP contribution in [-0.4, -0.2) is 18.0 Å². The van der Waals surface area contributed by atoms with Gasteiger partial charge in [-0.3, -0.25) is 0 Å². The largest absolute Gasteiger partial charge is 0.457 e.